The monoisotopic (exact) mass is 325 g/mol. The molecule has 3 heterocycles. The second-order valence-electron chi connectivity index (χ2n) is 5.85. The Labute approximate surface area is 135 Å². The number of imidazole rings is 2. The van der Waals surface area contributed by atoms with Crippen molar-refractivity contribution in [3.05, 3.63) is 56.5 Å². The van der Waals surface area contributed by atoms with Gasteiger partial charge >= 0.3 is 5.69 Å². The Morgan fingerprint density at radius 3 is 2.67 bits per heavy atom. The number of hydrogen-bond donors (Lipinski definition) is 2. The van der Waals surface area contributed by atoms with E-state index in [0.29, 0.717) is 16.9 Å². The maximum absolute atomic E-state index is 12.2. The van der Waals surface area contributed by atoms with Crippen molar-refractivity contribution in [2.45, 2.75) is 13.8 Å². The minimum Gasteiger partial charge on any atom is -0.508 e. The zero-order valence-corrected chi connectivity index (χ0v) is 13.4. The molecule has 0 spiro atoms. The van der Waals surface area contributed by atoms with E-state index in [1.165, 1.54) is 4.57 Å². The Balaban J connectivity index is 2.16. The van der Waals surface area contributed by atoms with Gasteiger partial charge in [0.05, 0.1) is 0 Å². The number of nitrogens with one attached hydrogen (secondary N) is 1. The number of aromatic hydroxyl groups is 1. The van der Waals surface area contributed by atoms with E-state index < -0.39 is 11.2 Å². The van der Waals surface area contributed by atoms with Gasteiger partial charge in [-0.3, -0.25) is 23.3 Å². The summed E-state index contributed by atoms with van der Waals surface area (Å²) in [7, 11) is 1.56. The molecule has 0 aliphatic rings. The normalized spacial score (nSPS) is 11.6. The van der Waals surface area contributed by atoms with Crippen molar-refractivity contribution in [3.63, 3.8) is 0 Å². The van der Waals surface area contributed by atoms with Gasteiger partial charge in [0.1, 0.15) is 5.75 Å². The van der Waals surface area contributed by atoms with Crippen LogP contribution in [0, 0.1) is 13.8 Å². The summed E-state index contributed by atoms with van der Waals surface area (Å²) in [5.41, 5.74) is 2.09. The highest BCUT2D eigenvalue weighted by Gasteiger charge is 2.18. The molecule has 0 unspecified atom stereocenters. The number of nitrogens with zero attached hydrogens (tertiary/aromatic N) is 4. The molecule has 0 bridgehead atoms. The average Bonchev–Trinajstić information content (AvgIpc) is 3.03. The first-order valence-corrected chi connectivity index (χ1v) is 7.38. The lowest BCUT2D eigenvalue weighted by Gasteiger charge is -2.07. The minimum atomic E-state index is -0.503. The number of benzene rings is 1. The molecule has 0 fully saturated rings. The van der Waals surface area contributed by atoms with Gasteiger partial charge in [-0.05, 0) is 37.6 Å². The summed E-state index contributed by atoms with van der Waals surface area (Å²) < 4.78 is 4.85. The van der Waals surface area contributed by atoms with Crippen molar-refractivity contribution < 1.29 is 5.11 Å². The molecule has 4 rings (SSSR count). The molecule has 0 amide bonds. The third-order valence-electron chi connectivity index (χ3n) is 4.24. The minimum absolute atomic E-state index is 0.215. The van der Waals surface area contributed by atoms with Crippen molar-refractivity contribution in [1.82, 2.24) is 23.5 Å². The molecule has 24 heavy (non-hydrogen) atoms. The van der Waals surface area contributed by atoms with Crippen LogP contribution in [0.5, 0.6) is 5.75 Å². The standard InChI is InChI=1S/C16H15N5O3/c1-8-6-10(4-5-11(8)22)21-9(2)7-20-12-13(17-15(20)21)19(3)16(24)18-14(12)23/h4-7,22H,1-3H3,(H,18,23,24). The number of H-pyrrole nitrogens is 1. The molecule has 0 aliphatic carbocycles. The summed E-state index contributed by atoms with van der Waals surface area (Å²) in [4.78, 5) is 30.8. The molecule has 0 saturated heterocycles. The van der Waals surface area contributed by atoms with Gasteiger partial charge in [0.25, 0.3) is 5.56 Å². The van der Waals surface area contributed by atoms with Crippen molar-refractivity contribution >= 4 is 16.9 Å². The summed E-state index contributed by atoms with van der Waals surface area (Å²) in [6.45, 7) is 3.71. The van der Waals surface area contributed by atoms with E-state index in [4.69, 9.17) is 0 Å². The third-order valence-corrected chi connectivity index (χ3v) is 4.24. The van der Waals surface area contributed by atoms with Gasteiger partial charge in [0, 0.05) is 24.6 Å². The third kappa shape index (κ3) is 1.76. The molecule has 3 aromatic heterocycles. The van der Waals surface area contributed by atoms with Crippen LogP contribution in [0.2, 0.25) is 0 Å². The van der Waals surface area contributed by atoms with Gasteiger partial charge in [-0.15, -0.1) is 0 Å². The molecule has 0 aliphatic heterocycles. The number of aryl methyl sites for hydroxylation is 3. The molecular formula is C16H15N5O3. The fraction of sp³-hybridized carbons (Fsp3) is 0.188. The number of rotatable bonds is 1. The zero-order valence-electron chi connectivity index (χ0n) is 13.4. The lowest BCUT2D eigenvalue weighted by atomic mass is 10.2. The van der Waals surface area contributed by atoms with Crippen LogP contribution >= 0.6 is 0 Å². The Kier molecular flexibility index (Phi) is 2.75. The number of phenolic OH excluding ortho intramolecular Hbond substituents is 1. The number of phenols is 1. The van der Waals surface area contributed by atoms with Crippen LogP contribution in [-0.2, 0) is 7.05 Å². The summed E-state index contributed by atoms with van der Waals surface area (Å²) in [5, 5.41) is 9.73. The van der Waals surface area contributed by atoms with E-state index in [1.54, 1.807) is 29.8 Å². The lowest BCUT2D eigenvalue weighted by Crippen LogP contribution is -2.28. The number of hydrogen-bond acceptors (Lipinski definition) is 4. The second-order valence-corrected chi connectivity index (χ2v) is 5.85. The van der Waals surface area contributed by atoms with Crippen LogP contribution in [0.4, 0.5) is 0 Å². The van der Waals surface area contributed by atoms with E-state index in [2.05, 4.69) is 9.97 Å². The summed E-state index contributed by atoms with van der Waals surface area (Å²) in [6.07, 6.45) is 1.80. The highest BCUT2D eigenvalue weighted by atomic mass is 16.3. The fourth-order valence-electron chi connectivity index (χ4n) is 2.97. The van der Waals surface area contributed by atoms with Gasteiger partial charge < -0.3 is 5.11 Å². The van der Waals surface area contributed by atoms with Crippen molar-refractivity contribution in [3.8, 4) is 11.4 Å². The summed E-state index contributed by atoms with van der Waals surface area (Å²) in [6, 6.07) is 5.23. The molecule has 4 aromatic rings. The van der Waals surface area contributed by atoms with Gasteiger partial charge in [0.15, 0.2) is 11.2 Å². The Morgan fingerprint density at radius 1 is 1.21 bits per heavy atom. The molecule has 1 aromatic carbocycles. The molecule has 0 atom stereocenters. The first-order chi connectivity index (χ1) is 11.4. The zero-order chi connectivity index (χ0) is 17.2. The number of aromatic nitrogens is 5. The SMILES string of the molecule is Cc1cc(-n2c(C)cn3c4c(=O)[nH]c(=O)n(C)c4nc23)ccc1O. The quantitative estimate of drug-likeness (QED) is 0.545. The molecule has 8 nitrogen and oxygen atoms in total. The predicted molar refractivity (Wildman–Crippen MR) is 89.0 cm³/mol. The van der Waals surface area contributed by atoms with E-state index in [9.17, 15) is 14.7 Å². The molecular weight excluding hydrogens is 310 g/mol. The fourth-order valence-corrected chi connectivity index (χ4v) is 2.97. The lowest BCUT2D eigenvalue weighted by molar-refractivity contribution is 0.471. The van der Waals surface area contributed by atoms with Crippen LogP contribution in [0.25, 0.3) is 22.6 Å². The van der Waals surface area contributed by atoms with Crippen LogP contribution in [-0.4, -0.2) is 28.6 Å². The van der Waals surface area contributed by atoms with Crippen molar-refractivity contribution in [2.24, 2.45) is 7.05 Å². The van der Waals surface area contributed by atoms with E-state index in [1.807, 2.05) is 24.5 Å². The van der Waals surface area contributed by atoms with Crippen LogP contribution in [0.3, 0.4) is 0 Å². The van der Waals surface area contributed by atoms with Gasteiger partial charge in [-0.25, -0.2) is 4.79 Å². The molecule has 0 radical (unpaired) electrons. The van der Waals surface area contributed by atoms with Gasteiger partial charge in [-0.1, -0.05) is 0 Å². The largest absolute Gasteiger partial charge is 0.508 e. The highest BCUT2D eigenvalue weighted by Crippen LogP contribution is 2.24. The average molecular weight is 325 g/mol. The number of aromatic amines is 1. The van der Waals surface area contributed by atoms with E-state index in [0.717, 1.165) is 16.9 Å². The van der Waals surface area contributed by atoms with Crippen LogP contribution in [0.1, 0.15) is 11.3 Å². The van der Waals surface area contributed by atoms with Gasteiger partial charge in [-0.2, -0.15) is 4.98 Å². The van der Waals surface area contributed by atoms with Crippen molar-refractivity contribution in [2.75, 3.05) is 0 Å². The molecule has 8 heteroatoms. The first-order valence-electron chi connectivity index (χ1n) is 7.38. The Bertz CT molecular complexity index is 1240. The maximum Gasteiger partial charge on any atom is 0.329 e. The Morgan fingerprint density at radius 2 is 1.96 bits per heavy atom. The second kappa shape index (κ2) is 4.60. The van der Waals surface area contributed by atoms with E-state index >= 15 is 0 Å². The van der Waals surface area contributed by atoms with Gasteiger partial charge in [0.2, 0.25) is 5.78 Å². The van der Waals surface area contributed by atoms with Crippen LogP contribution in [0.15, 0.2) is 34.0 Å². The molecule has 0 saturated carbocycles. The molecule has 122 valence electrons. The highest BCUT2D eigenvalue weighted by molar-refractivity contribution is 5.76. The predicted octanol–water partition coefficient (Wildman–Crippen LogP) is 0.988. The van der Waals surface area contributed by atoms with Crippen molar-refractivity contribution in [1.29, 1.82) is 0 Å². The Hall–Kier alpha value is -3.29. The maximum atomic E-state index is 12.2. The van der Waals surface area contributed by atoms with Crippen LogP contribution < -0.4 is 11.2 Å². The molecule has 2 N–H and O–H groups in total. The topological polar surface area (TPSA) is 97.3 Å². The first kappa shape index (κ1) is 14.3. The number of fused-ring (bicyclic) bond motifs is 3. The smallest absolute Gasteiger partial charge is 0.329 e. The summed E-state index contributed by atoms with van der Waals surface area (Å²) >= 11 is 0. The van der Waals surface area contributed by atoms with E-state index in [-0.39, 0.29) is 5.75 Å². The summed E-state index contributed by atoms with van der Waals surface area (Å²) in [5.74, 6) is 0.742.